The summed E-state index contributed by atoms with van der Waals surface area (Å²) in [6, 6.07) is 12.9. The Bertz CT molecular complexity index is 444. The van der Waals surface area contributed by atoms with Gasteiger partial charge >= 0.3 is 0 Å². The van der Waals surface area contributed by atoms with Crippen molar-refractivity contribution in [2.45, 2.75) is 32.2 Å². The highest BCUT2D eigenvalue weighted by Gasteiger charge is 2.10. The first-order chi connectivity index (χ1) is 8.22. The van der Waals surface area contributed by atoms with E-state index in [0.29, 0.717) is 5.92 Å². The summed E-state index contributed by atoms with van der Waals surface area (Å²) < 4.78 is 0. The van der Waals surface area contributed by atoms with Crippen molar-refractivity contribution in [1.29, 1.82) is 0 Å². The molecular weight excluding hydrogens is 226 g/mol. The second-order valence-electron chi connectivity index (χ2n) is 4.47. The molecule has 0 spiro atoms. The van der Waals surface area contributed by atoms with E-state index >= 15 is 0 Å². The standard InChI is InChI=1S/C15H19NS/c1-3-11(2)12-6-8-13(9-7-12)15(16)14-5-4-10-17-14/h4-11,15H,3,16H2,1-2H3/t11-,15-/m0/s1. The number of hydrogen-bond acceptors (Lipinski definition) is 2. The first-order valence-corrected chi connectivity index (χ1v) is 6.99. The van der Waals surface area contributed by atoms with Crippen molar-refractivity contribution in [3.63, 3.8) is 0 Å². The van der Waals surface area contributed by atoms with E-state index in [-0.39, 0.29) is 6.04 Å². The third-order valence-electron chi connectivity index (χ3n) is 3.33. The predicted octanol–water partition coefficient (Wildman–Crippen LogP) is 4.31. The van der Waals surface area contributed by atoms with E-state index in [4.69, 9.17) is 5.73 Å². The highest BCUT2D eigenvalue weighted by atomic mass is 32.1. The molecule has 0 radical (unpaired) electrons. The second kappa shape index (κ2) is 5.48. The van der Waals surface area contributed by atoms with Gasteiger partial charge in [-0.05, 0) is 34.9 Å². The SMILES string of the molecule is CC[C@H](C)c1ccc([C@H](N)c2cccs2)cc1. The Kier molecular flexibility index (Phi) is 3.97. The van der Waals surface area contributed by atoms with Crippen molar-refractivity contribution in [3.05, 3.63) is 57.8 Å². The maximum atomic E-state index is 6.23. The van der Waals surface area contributed by atoms with E-state index < -0.39 is 0 Å². The summed E-state index contributed by atoms with van der Waals surface area (Å²) in [5.41, 5.74) is 8.82. The lowest BCUT2D eigenvalue weighted by atomic mass is 9.96. The smallest absolute Gasteiger partial charge is 0.0645 e. The van der Waals surface area contributed by atoms with E-state index in [1.165, 1.54) is 22.4 Å². The van der Waals surface area contributed by atoms with Gasteiger partial charge in [-0.25, -0.2) is 0 Å². The predicted molar refractivity (Wildman–Crippen MR) is 75.5 cm³/mol. The average Bonchev–Trinajstić information content (AvgIpc) is 2.91. The molecule has 0 saturated carbocycles. The maximum absolute atomic E-state index is 6.23. The molecule has 0 amide bonds. The van der Waals surface area contributed by atoms with Gasteiger partial charge in [0.25, 0.3) is 0 Å². The summed E-state index contributed by atoms with van der Waals surface area (Å²) >= 11 is 1.72. The molecule has 0 aliphatic carbocycles. The van der Waals surface area contributed by atoms with Crippen LogP contribution in [0.25, 0.3) is 0 Å². The van der Waals surface area contributed by atoms with Gasteiger partial charge in [0.1, 0.15) is 0 Å². The Balaban J connectivity index is 2.18. The Labute approximate surface area is 107 Å². The van der Waals surface area contributed by atoms with E-state index in [0.717, 1.165) is 0 Å². The lowest BCUT2D eigenvalue weighted by Crippen LogP contribution is -2.10. The molecule has 1 nitrogen and oxygen atoms in total. The number of benzene rings is 1. The molecule has 0 aliphatic rings. The molecule has 1 aromatic heterocycles. The van der Waals surface area contributed by atoms with Crippen molar-refractivity contribution in [3.8, 4) is 0 Å². The van der Waals surface area contributed by atoms with Gasteiger partial charge in [0.15, 0.2) is 0 Å². The zero-order valence-electron chi connectivity index (χ0n) is 10.4. The fourth-order valence-corrected chi connectivity index (χ4v) is 2.65. The van der Waals surface area contributed by atoms with Crippen LogP contribution in [0.1, 0.15) is 48.2 Å². The lowest BCUT2D eigenvalue weighted by Gasteiger charge is -2.13. The minimum Gasteiger partial charge on any atom is -0.320 e. The quantitative estimate of drug-likeness (QED) is 0.853. The minimum atomic E-state index is 0.0148. The summed E-state index contributed by atoms with van der Waals surface area (Å²) in [6.07, 6.45) is 1.18. The van der Waals surface area contributed by atoms with Crippen LogP contribution in [0.2, 0.25) is 0 Å². The van der Waals surface area contributed by atoms with Crippen molar-refractivity contribution < 1.29 is 0 Å². The van der Waals surface area contributed by atoms with Gasteiger partial charge in [-0.2, -0.15) is 0 Å². The van der Waals surface area contributed by atoms with Crippen molar-refractivity contribution in [2.75, 3.05) is 0 Å². The molecule has 0 aliphatic heterocycles. The van der Waals surface area contributed by atoms with E-state index in [2.05, 4.69) is 49.6 Å². The van der Waals surface area contributed by atoms with Crippen LogP contribution < -0.4 is 5.73 Å². The number of thiophene rings is 1. The highest BCUT2D eigenvalue weighted by Crippen LogP contribution is 2.25. The first-order valence-electron chi connectivity index (χ1n) is 6.11. The topological polar surface area (TPSA) is 26.0 Å². The molecule has 2 aromatic rings. The molecule has 2 heteroatoms. The molecule has 90 valence electrons. The molecule has 2 atom stereocenters. The van der Waals surface area contributed by atoms with E-state index in [1.807, 2.05) is 6.07 Å². The van der Waals surface area contributed by atoms with Crippen molar-refractivity contribution in [1.82, 2.24) is 0 Å². The third-order valence-corrected chi connectivity index (χ3v) is 4.28. The average molecular weight is 245 g/mol. The molecule has 2 rings (SSSR count). The van der Waals surface area contributed by atoms with Crippen LogP contribution in [-0.4, -0.2) is 0 Å². The Morgan fingerprint density at radius 2 is 1.76 bits per heavy atom. The molecule has 0 bridgehead atoms. The molecule has 1 aromatic carbocycles. The minimum absolute atomic E-state index is 0.0148. The van der Waals surface area contributed by atoms with Gasteiger partial charge in [-0.1, -0.05) is 44.2 Å². The molecule has 0 unspecified atom stereocenters. The van der Waals surface area contributed by atoms with Crippen LogP contribution >= 0.6 is 11.3 Å². The van der Waals surface area contributed by atoms with Crippen molar-refractivity contribution >= 4 is 11.3 Å². The van der Waals surface area contributed by atoms with Crippen LogP contribution in [-0.2, 0) is 0 Å². The van der Waals surface area contributed by atoms with Gasteiger partial charge in [0.05, 0.1) is 6.04 Å². The summed E-state index contributed by atoms with van der Waals surface area (Å²) in [5.74, 6) is 0.627. The number of nitrogens with two attached hydrogens (primary N) is 1. The van der Waals surface area contributed by atoms with Crippen LogP contribution in [0.15, 0.2) is 41.8 Å². The molecule has 17 heavy (non-hydrogen) atoms. The summed E-state index contributed by atoms with van der Waals surface area (Å²) in [4.78, 5) is 1.22. The van der Waals surface area contributed by atoms with Crippen molar-refractivity contribution in [2.24, 2.45) is 5.73 Å². The zero-order valence-corrected chi connectivity index (χ0v) is 11.2. The Morgan fingerprint density at radius 3 is 2.29 bits per heavy atom. The summed E-state index contributed by atoms with van der Waals surface area (Å²) in [7, 11) is 0. The largest absolute Gasteiger partial charge is 0.320 e. The van der Waals surface area contributed by atoms with Crippen LogP contribution in [0, 0.1) is 0 Å². The number of hydrogen-bond donors (Lipinski definition) is 1. The number of rotatable bonds is 4. The zero-order chi connectivity index (χ0) is 12.3. The maximum Gasteiger partial charge on any atom is 0.0645 e. The second-order valence-corrected chi connectivity index (χ2v) is 5.45. The first kappa shape index (κ1) is 12.3. The molecule has 0 saturated heterocycles. The molecule has 1 heterocycles. The molecule has 0 fully saturated rings. The fourth-order valence-electron chi connectivity index (χ4n) is 1.90. The normalized spacial score (nSPS) is 14.5. The van der Waals surface area contributed by atoms with E-state index in [1.54, 1.807) is 11.3 Å². The van der Waals surface area contributed by atoms with Gasteiger partial charge in [0.2, 0.25) is 0 Å². The van der Waals surface area contributed by atoms with Gasteiger partial charge in [0, 0.05) is 4.88 Å². The van der Waals surface area contributed by atoms with Gasteiger partial charge < -0.3 is 5.73 Å². The fraction of sp³-hybridized carbons (Fsp3) is 0.333. The van der Waals surface area contributed by atoms with Gasteiger partial charge in [-0.3, -0.25) is 0 Å². The lowest BCUT2D eigenvalue weighted by molar-refractivity contribution is 0.732. The third kappa shape index (κ3) is 2.76. The Morgan fingerprint density at radius 1 is 1.12 bits per heavy atom. The van der Waals surface area contributed by atoms with Gasteiger partial charge in [-0.15, -0.1) is 11.3 Å². The molecule has 2 N–H and O–H groups in total. The highest BCUT2D eigenvalue weighted by molar-refractivity contribution is 7.10. The monoisotopic (exact) mass is 245 g/mol. The summed E-state index contributed by atoms with van der Waals surface area (Å²) in [5, 5.41) is 2.07. The van der Waals surface area contributed by atoms with E-state index in [9.17, 15) is 0 Å². The Hall–Kier alpha value is -1.12. The molecular formula is C15H19NS. The van der Waals surface area contributed by atoms with Crippen LogP contribution in [0.4, 0.5) is 0 Å². The van der Waals surface area contributed by atoms with Crippen LogP contribution in [0.3, 0.4) is 0 Å². The summed E-state index contributed by atoms with van der Waals surface area (Å²) in [6.45, 7) is 4.48. The van der Waals surface area contributed by atoms with Crippen LogP contribution in [0.5, 0.6) is 0 Å².